The second-order valence-corrected chi connectivity index (χ2v) is 3.92. The molecule has 0 unspecified atom stereocenters. The molecule has 0 saturated carbocycles. The fourth-order valence-corrected chi connectivity index (χ4v) is 2.08. The molecule has 16 heavy (non-hydrogen) atoms. The van der Waals surface area contributed by atoms with Crippen LogP contribution in [0.3, 0.4) is 0 Å². The summed E-state index contributed by atoms with van der Waals surface area (Å²) in [5.74, 6) is 1.05. The van der Waals surface area contributed by atoms with Gasteiger partial charge in [-0.1, -0.05) is 24.3 Å². The second kappa shape index (κ2) is 3.93. The molecule has 1 aliphatic heterocycles. The molecule has 2 aromatic rings. The van der Waals surface area contributed by atoms with Crippen molar-refractivity contribution in [2.45, 2.75) is 6.42 Å². The SMILES string of the molecule is C1=CCN(c2ncnc3ccccc23)CC1. The smallest absolute Gasteiger partial charge is 0.140 e. The van der Waals surface area contributed by atoms with Crippen LogP contribution in [0.4, 0.5) is 5.82 Å². The van der Waals surface area contributed by atoms with Crippen LogP contribution in [0.1, 0.15) is 6.42 Å². The van der Waals surface area contributed by atoms with Crippen molar-refractivity contribution in [3.8, 4) is 0 Å². The van der Waals surface area contributed by atoms with Gasteiger partial charge >= 0.3 is 0 Å². The minimum Gasteiger partial charge on any atom is -0.352 e. The van der Waals surface area contributed by atoms with E-state index in [-0.39, 0.29) is 0 Å². The monoisotopic (exact) mass is 211 g/mol. The third-order valence-electron chi connectivity index (χ3n) is 2.88. The molecular formula is C13H13N3. The molecule has 0 atom stereocenters. The zero-order chi connectivity index (χ0) is 10.8. The van der Waals surface area contributed by atoms with Crippen LogP contribution >= 0.6 is 0 Å². The minimum absolute atomic E-state index is 0.945. The molecule has 0 spiro atoms. The molecule has 1 aromatic heterocycles. The molecule has 3 rings (SSSR count). The number of para-hydroxylation sites is 1. The molecule has 0 aliphatic carbocycles. The third-order valence-corrected chi connectivity index (χ3v) is 2.88. The first-order chi connectivity index (χ1) is 7.95. The van der Waals surface area contributed by atoms with Crippen LogP contribution in [-0.2, 0) is 0 Å². The van der Waals surface area contributed by atoms with E-state index in [1.54, 1.807) is 6.33 Å². The van der Waals surface area contributed by atoms with Gasteiger partial charge in [0.15, 0.2) is 0 Å². The van der Waals surface area contributed by atoms with Crippen molar-refractivity contribution in [2.24, 2.45) is 0 Å². The highest BCUT2D eigenvalue weighted by Gasteiger charge is 2.11. The Hall–Kier alpha value is -1.90. The molecule has 1 aromatic carbocycles. The van der Waals surface area contributed by atoms with E-state index in [0.717, 1.165) is 36.2 Å². The summed E-state index contributed by atoms with van der Waals surface area (Å²) in [5.41, 5.74) is 1.02. The molecule has 3 heteroatoms. The highest BCUT2D eigenvalue weighted by molar-refractivity contribution is 5.89. The number of nitrogens with zero attached hydrogens (tertiary/aromatic N) is 3. The van der Waals surface area contributed by atoms with Gasteiger partial charge in [-0.2, -0.15) is 0 Å². The Balaban J connectivity index is 2.12. The molecule has 0 bridgehead atoms. The maximum atomic E-state index is 4.41. The van der Waals surface area contributed by atoms with Crippen molar-refractivity contribution in [3.05, 3.63) is 42.7 Å². The highest BCUT2D eigenvalue weighted by Crippen LogP contribution is 2.23. The van der Waals surface area contributed by atoms with Crippen LogP contribution in [0.15, 0.2) is 42.7 Å². The molecule has 2 heterocycles. The van der Waals surface area contributed by atoms with Crippen LogP contribution in [0.25, 0.3) is 10.9 Å². The Kier molecular flexibility index (Phi) is 2.29. The Morgan fingerprint density at radius 2 is 2.00 bits per heavy atom. The largest absolute Gasteiger partial charge is 0.352 e. The van der Waals surface area contributed by atoms with E-state index in [1.165, 1.54) is 0 Å². The van der Waals surface area contributed by atoms with Gasteiger partial charge in [-0.15, -0.1) is 0 Å². The summed E-state index contributed by atoms with van der Waals surface area (Å²) in [6.07, 6.45) is 7.16. The van der Waals surface area contributed by atoms with Crippen LogP contribution in [-0.4, -0.2) is 23.1 Å². The van der Waals surface area contributed by atoms with E-state index in [2.05, 4.69) is 33.1 Å². The number of anilines is 1. The van der Waals surface area contributed by atoms with Gasteiger partial charge in [0.2, 0.25) is 0 Å². The lowest BCUT2D eigenvalue weighted by Gasteiger charge is -2.25. The fraction of sp³-hybridized carbons (Fsp3) is 0.231. The molecule has 1 aliphatic rings. The number of fused-ring (bicyclic) bond motifs is 1. The minimum atomic E-state index is 0.945. The molecule has 3 nitrogen and oxygen atoms in total. The topological polar surface area (TPSA) is 29.0 Å². The second-order valence-electron chi connectivity index (χ2n) is 3.92. The van der Waals surface area contributed by atoms with Crippen LogP contribution in [0.5, 0.6) is 0 Å². The van der Waals surface area contributed by atoms with E-state index in [9.17, 15) is 0 Å². The van der Waals surface area contributed by atoms with Gasteiger partial charge in [-0.25, -0.2) is 9.97 Å². The predicted octanol–water partition coefficient (Wildman–Crippen LogP) is 2.40. The summed E-state index contributed by atoms with van der Waals surface area (Å²) in [6, 6.07) is 8.16. The summed E-state index contributed by atoms with van der Waals surface area (Å²) in [7, 11) is 0. The molecule has 0 fully saturated rings. The maximum absolute atomic E-state index is 4.41. The first kappa shape index (κ1) is 9.33. The van der Waals surface area contributed by atoms with Gasteiger partial charge in [-0.3, -0.25) is 0 Å². The molecule has 0 N–H and O–H groups in total. The van der Waals surface area contributed by atoms with Crippen molar-refractivity contribution in [1.82, 2.24) is 9.97 Å². The van der Waals surface area contributed by atoms with Crippen LogP contribution < -0.4 is 4.90 Å². The van der Waals surface area contributed by atoms with E-state index >= 15 is 0 Å². The molecule has 80 valence electrons. The van der Waals surface area contributed by atoms with Gasteiger partial charge in [0, 0.05) is 18.5 Å². The van der Waals surface area contributed by atoms with Crippen molar-refractivity contribution >= 4 is 16.7 Å². The quantitative estimate of drug-likeness (QED) is 0.678. The first-order valence-electron chi connectivity index (χ1n) is 5.55. The number of benzene rings is 1. The van der Waals surface area contributed by atoms with Crippen molar-refractivity contribution in [2.75, 3.05) is 18.0 Å². The van der Waals surface area contributed by atoms with Crippen LogP contribution in [0, 0.1) is 0 Å². The summed E-state index contributed by atoms with van der Waals surface area (Å²) in [6.45, 7) is 1.98. The van der Waals surface area contributed by atoms with Gasteiger partial charge in [-0.05, 0) is 18.6 Å². The van der Waals surface area contributed by atoms with Crippen LogP contribution in [0.2, 0.25) is 0 Å². The summed E-state index contributed by atoms with van der Waals surface area (Å²) < 4.78 is 0. The number of hydrogen-bond donors (Lipinski definition) is 0. The Bertz CT molecular complexity index is 528. The number of aromatic nitrogens is 2. The summed E-state index contributed by atoms with van der Waals surface area (Å²) in [4.78, 5) is 11.0. The first-order valence-corrected chi connectivity index (χ1v) is 5.55. The zero-order valence-corrected chi connectivity index (χ0v) is 9.00. The lowest BCUT2D eigenvalue weighted by molar-refractivity contribution is 0.808. The van der Waals surface area contributed by atoms with Gasteiger partial charge in [0.05, 0.1) is 5.52 Å². The highest BCUT2D eigenvalue weighted by atomic mass is 15.2. The lowest BCUT2D eigenvalue weighted by atomic mass is 10.2. The third kappa shape index (κ3) is 1.54. The predicted molar refractivity (Wildman–Crippen MR) is 65.5 cm³/mol. The van der Waals surface area contributed by atoms with E-state index in [0.29, 0.717) is 0 Å². The molecule has 0 amide bonds. The Morgan fingerprint density at radius 3 is 2.88 bits per heavy atom. The summed E-state index contributed by atoms with van der Waals surface area (Å²) in [5, 5.41) is 1.14. The van der Waals surface area contributed by atoms with Crippen molar-refractivity contribution in [3.63, 3.8) is 0 Å². The number of rotatable bonds is 1. The fourth-order valence-electron chi connectivity index (χ4n) is 2.08. The molecule has 0 radical (unpaired) electrons. The zero-order valence-electron chi connectivity index (χ0n) is 9.00. The van der Waals surface area contributed by atoms with E-state index in [4.69, 9.17) is 0 Å². The lowest BCUT2D eigenvalue weighted by Crippen LogP contribution is -2.27. The normalized spacial score (nSPS) is 15.6. The van der Waals surface area contributed by atoms with E-state index < -0.39 is 0 Å². The molecule has 0 saturated heterocycles. The van der Waals surface area contributed by atoms with Gasteiger partial charge < -0.3 is 4.90 Å². The summed E-state index contributed by atoms with van der Waals surface area (Å²) >= 11 is 0. The Morgan fingerprint density at radius 1 is 1.06 bits per heavy atom. The number of hydrogen-bond acceptors (Lipinski definition) is 3. The average Bonchev–Trinajstić information content (AvgIpc) is 2.39. The van der Waals surface area contributed by atoms with Crippen molar-refractivity contribution in [1.29, 1.82) is 0 Å². The average molecular weight is 211 g/mol. The van der Waals surface area contributed by atoms with Gasteiger partial charge in [0.25, 0.3) is 0 Å². The Labute approximate surface area is 94.4 Å². The van der Waals surface area contributed by atoms with E-state index in [1.807, 2.05) is 18.2 Å². The maximum Gasteiger partial charge on any atom is 0.140 e. The molecular weight excluding hydrogens is 198 g/mol. The van der Waals surface area contributed by atoms with Crippen molar-refractivity contribution < 1.29 is 0 Å². The van der Waals surface area contributed by atoms with Gasteiger partial charge in [0.1, 0.15) is 12.1 Å². The standard InChI is InChI=1S/C13H13N3/c1-4-8-16(9-5-1)13-11-6-2-3-7-12(11)14-10-15-13/h1-4,6-7,10H,5,8-9H2.